The summed E-state index contributed by atoms with van der Waals surface area (Å²) >= 11 is 0. The molecule has 0 aliphatic carbocycles. The molecule has 0 N–H and O–H groups in total. The highest BCUT2D eigenvalue weighted by Gasteiger charge is 2.36. The van der Waals surface area contributed by atoms with Gasteiger partial charge >= 0.3 is 0 Å². The molecule has 0 fully saturated rings. The van der Waals surface area contributed by atoms with Crippen LogP contribution in [0.15, 0.2) is 24.3 Å². The van der Waals surface area contributed by atoms with Gasteiger partial charge in [0.05, 0.1) is 6.61 Å². The summed E-state index contributed by atoms with van der Waals surface area (Å²) in [4.78, 5) is 0. The third-order valence-corrected chi connectivity index (χ3v) is 7.37. The molecule has 0 saturated heterocycles. The van der Waals surface area contributed by atoms with E-state index in [0.29, 0.717) is 11.8 Å². The minimum Gasteiger partial charge on any atom is -0.412 e. The van der Waals surface area contributed by atoms with E-state index in [2.05, 4.69) is 78.9 Å². The average Bonchev–Trinajstić information content (AvgIpc) is 2.50. The predicted octanol–water partition coefficient (Wildman–Crippen LogP) is 5.54. The fourth-order valence-electron chi connectivity index (χ4n) is 3.78. The molecule has 0 bridgehead atoms. The molecule has 0 aromatic heterocycles. The second-order valence-corrected chi connectivity index (χ2v) is 12.9. The molecule has 0 heterocycles. The van der Waals surface area contributed by atoms with E-state index in [1.807, 2.05) is 0 Å². The van der Waals surface area contributed by atoms with Crippen LogP contribution in [0.3, 0.4) is 0 Å². The topological polar surface area (TPSA) is 18.5 Å². The van der Waals surface area contributed by atoms with Crippen molar-refractivity contribution in [3.8, 4) is 0 Å². The molecule has 1 rings (SSSR count). The highest BCUT2D eigenvalue weighted by atomic mass is 28.4. The summed E-state index contributed by atoms with van der Waals surface area (Å²) in [7, 11) is -1.91. The summed E-state index contributed by atoms with van der Waals surface area (Å²) in [5.74, 6) is 1.29. The maximum atomic E-state index is 6.68. The van der Waals surface area contributed by atoms with E-state index < -0.39 is 8.32 Å². The van der Waals surface area contributed by atoms with Crippen LogP contribution >= 0.6 is 0 Å². The van der Waals surface area contributed by atoms with Crippen molar-refractivity contribution in [1.29, 1.82) is 0 Å². The first kappa shape index (κ1) is 22.4. The zero-order valence-electron chi connectivity index (χ0n) is 17.8. The molecular formula is C22H40O2Si. The smallest absolute Gasteiger partial charge is 0.218 e. The molecular weight excluding hydrogens is 324 g/mol. The maximum absolute atomic E-state index is 6.68. The highest BCUT2D eigenvalue weighted by Crippen LogP contribution is 2.35. The van der Waals surface area contributed by atoms with E-state index in [1.54, 1.807) is 0 Å². The van der Waals surface area contributed by atoms with Gasteiger partial charge in [-0.25, -0.2) is 0 Å². The molecule has 0 aliphatic rings. The van der Waals surface area contributed by atoms with Crippen molar-refractivity contribution in [2.45, 2.75) is 67.5 Å². The Labute approximate surface area is 157 Å². The lowest BCUT2D eigenvalue weighted by atomic mass is 9.75. The molecule has 0 spiro atoms. The molecule has 2 nitrogen and oxygen atoms in total. The Bertz CT molecular complexity index is 481. The van der Waals surface area contributed by atoms with Crippen molar-refractivity contribution < 1.29 is 9.16 Å². The molecule has 0 amide bonds. The van der Waals surface area contributed by atoms with Gasteiger partial charge in [-0.05, 0) is 56.8 Å². The van der Waals surface area contributed by atoms with Crippen LogP contribution in [0, 0.1) is 24.2 Å². The van der Waals surface area contributed by atoms with Crippen molar-refractivity contribution in [3.63, 3.8) is 0 Å². The van der Waals surface area contributed by atoms with E-state index >= 15 is 0 Å². The number of aryl methyl sites for hydroxylation is 1. The monoisotopic (exact) mass is 364 g/mol. The number of rotatable bonds is 11. The molecule has 1 aromatic rings. The first-order valence-corrected chi connectivity index (χ1v) is 12.8. The van der Waals surface area contributed by atoms with Crippen molar-refractivity contribution in [1.82, 2.24) is 0 Å². The van der Waals surface area contributed by atoms with E-state index in [9.17, 15) is 0 Å². The van der Waals surface area contributed by atoms with Gasteiger partial charge in [-0.3, -0.25) is 0 Å². The minimum absolute atomic E-state index is 0.118. The summed E-state index contributed by atoms with van der Waals surface area (Å²) in [5.41, 5.74) is 1.42. The Morgan fingerprint density at radius 1 is 0.920 bits per heavy atom. The largest absolute Gasteiger partial charge is 0.412 e. The van der Waals surface area contributed by atoms with Crippen LogP contribution < -0.4 is 5.19 Å². The SMILES string of the molecule is CCOCC(CO[Si](C)(C)c1ccc(C)cc1)(CC(C)C)CC(C)C. The Kier molecular flexibility index (Phi) is 8.86. The molecule has 0 aliphatic heterocycles. The van der Waals surface area contributed by atoms with Gasteiger partial charge in [0.25, 0.3) is 0 Å². The van der Waals surface area contributed by atoms with Crippen LogP contribution in [0.5, 0.6) is 0 Å². The number of ether oxygens (including phenoxy) is 1. The van der Waals surface area contributed by atoms with Gasteiger partial charge < -0.3 is 9.16 Å². The Balaban J connectivity index is 2.95. The molecule has 3 heteroatoms. The van der Waals surface area contributed by atoms with E-state index in [-0.39, 0.29) is 5.41 Å². The maximum Gasteiger partial charge on any atom is 0.218 e. The van der Waals surface area contributed by atoms with E-state index in [4.69, 9.17) is 9.16 Å². The average molecular weight is 365 g/mol. The molecule has 1 aromatic carbocycles. The fourth-order valence-corrected chi connectivity index (χ4v) is 5.59. The number of hydrogen-bond donors (Lipinski definition) is 0. The van der Waals surface area contributed by atoms with Gasteiger partial charge in [-0.15, -0.1) is 0 Å². The first-order valence-electron chi connectivity index (χ1n) is 9.89. The zero-order chi connectivity index (χ0) is 19.1. The third-order valence-electron chi connectivity index (χ3n) is 4.78. The van der Waals surface area contributed by atoms with E-state index in [0.717, 1.165) is 32.7 Å². The summed E-state index contributed by atoms with van der Waals surface area (Å²) in [6.45, 7) is 20.5. The summed E-state index contributed by atoms with van der Waals surface area (Å²) in [6, 6.07) is 8.89. The van der Waals surface area contributed by atoms with Gasteiger partial charge in [-0.1, -0.05) is 57.5 Å². The molecule has 0 unspecified atom stereocenters. The van der Waals surface area contributed by atoms with Crippen molar-refractivity contribution >= 4 is 13.5 Å². The molecule has 144 valence electrons. The normalized spacial score (nSPS) is 13.0. The van der Waals surface area contributed by atoms with Crippen LogP contribution in [0.4, 0.5) is 0 Å². The second-order valence-electron chi connectivity index (χ2n) is 9.00. The lowest BCUT2D eigenvalue weighted by molar-refractivity contribution is -0.00958. The fraction of sp³-hybridized carbons (Fsp3) is 0.727. The Hall–Kier alpha value is -0.643. The van der Waals surface area contributed by atoms with Crippen LogP contribution in [0.2, 0.25) is 13.1 Å². The Morgan fingerprint density at radius 2 is 1.44 bits per heavy atom. The molecule has 0 radical (unpaired) electrons. The lowest BCUT2D eigenvalue weighted by Gasteiger charge is -2.39. The van der Waals surface area contributed by atoms with Crippen LogP contribution in [-0.2, 0) is 9.16 Å². The highest BCUT2D eigenvalue weighted by molar-refractivity contribution is 6.84. The second kappa shape index (κ2) is 9.89. The molecule has 0 saturated carbocycles. The van der Waals surface area contributed by atoms with Crippen molar-refractivity contribution in [2.75, 3.05) is 19.8 Å². The first-order chi connectivity index (χ1) is 11.6. The van der Waals surface area contributed by atoms with Gasteiger partial charge in [-0.2, -0.15) is 0 Å². The number of benzene rings is 1. The van der Waals surface area contributed by atoms with Gasteiger partial charge in [0.2, 0.25) is 8.32 Å². The summed E-state index contributed by atoms with van der Waals surface area (Å²) in [6.07, 6.45) is 2.31. The quantitative estimate of drug-likeness (QED) is 0.480. The van der Waals surface area contributed by atoms with Crippen LogP contribution in [-0.4, -0.2) is 28.1 Å². The third kappa shape index (κ3) is 7.63. The summed E-state index contributed by atoms with van der Waals surface area (Å²) in [5, 5.41) is 1.37. The zero-order valence-corrected chi connectivity index (χ0v) is 18.8. The van der Waals surface area contributed by atoms with Gasteiger partial charge in [0.15, 0.2) is 0 Å². The van der Waals surface area contributed by atoms with Crippen molar-refractivity contribution in [3.05, 3.63) is 29.8 Å². The lowest BCUT2D eigenvalue weighted by Crippen LogP contribution is -2.48. The molecule has 0 atom stereocenters. The number of hydrogen-bond acceptors (Lipinski definition) is 2. The minimum atomic E-state index is -1.91. The van der Waals surface area contributed by atoms with Gasteiger partial charge in [0, 0.05) is 18.6 Å². The summed E-state index contributed by atoms with van der Waals surface area (Å²) < 4.78 is 12.6. The van der Waals surface area contributed by atoms with Crippen molar-refractivity contribution in [2.24, 2.45) is 17.3 Å². The van der Waals surface area contributed by atoms with Gasteiger partial charge in [0.1, 0.15) is 0 Å². The molecule has 25 heavy (non-hydrogen) atoms. The van der Waals surface area contributed by atoms with Crippen LogP contribution in [0.25, 0.3) is 0 Å². The van der Waals surface area contributed by atoms with E-state index in [1.165, 1.54) is 10.8 Å². The van der Waals surface area contributed by atoms with Crippen LogP contribution in [0.1, 0.15) is 53.0 Å². The standard InChI is InChI=1S/C22H40O2Si/c1-9-23-16-22(14-18(2)3,15-19(4)5)17-24-25(7,8)21-12-10-20(6)11-13-21/h10-13,18-19H,9,14-17H2,1-8H3. The predicted molar refractivity (Wildman–Crippen MR) is 112 cm³/mol. The Morgan fingerprint density at radius 3 is 1.88 bits per heavy atom.